The van der Waals surface area contributed by atoms with Crippen LogP contribution in [-0.2, 0) is 0 Å². The second kappa shape index (κ2) is 3.49. The fourth-order valence-corrected chi connectivity index (χ4v) is 1.26. The molecule has 0 bridgehead atoms. The Balaban J connectivity index is 2.58. The van der Waals surface area contributed by atoms with E-state index in [1.807, 2.05) is 6.92 Å². The highest BCUT2D eigenvalue weighted by atomic mass is 16.4. The second-order valence-electron chi connectivity index (χ2n) is 3.18. The largest absolute Gasteiger partial charge is 0.390 e. The standard InChI is InChI=1S/C7H15NO3/c1-4-2-8-3-5(9)7(11)6(4)10/h4-11H,2-3H2,1H3/t4-,5+,6+,7-/m0/s1. The maximum absolute atomic E-state index is 9.35. The molecule has 4 atom stereocenters. The predicted molar refractivity (Wildman–Crippen MR) is 40.1 cm³/mol. The van der Waals surface area contributed by atoms with Crippen molar-refractivity contribution in [3.8, 4) is 0 Å². The van der Waals surface area contributed by atoms with E-state index in [2.05, 4.69) is 5.32 Å². The van der Waals surface area contributed by atoms with Crippen LogP contribution in [0.25, 0.3) is 0 Å². The van der Waals surface area contributed by atoms with Crippen LogP contribution in [0.3, 0.4) is 0 Å². The molecule has 1 fully saturated rings. The quantitative estimate of drug-likeness (QED) is 0.342. The molecule has 0 spiro atoms. The van der Waals surface area contributed by atoms with Crippen molar-refractivity contribution in [2.45, 2.75) is 25.2 Å². The average molecular weight is 161 g/mol. The van der Waals surface area contributed by atoms with Gasteiger partial charge >= 0.3 is 0 Å². The van der Waals surface area contributed by atoms with E-state index in [0.717, 1.165) is 0 Å². The van der Waals surface area contributed by atoms with Crippen molar-refractivity contribution < 1.29 is 15.3 Å². The highest BCUT2D eigenvalue weighted by molar-refractivity contribution is 4.84. The van der Waals surface area contributed by atoms with Crippen molar-refractivity contribution in [2.24, 2.45) is 5.92 Å². The zero-order valence-corrected chi connectivity index (χ0v) is 6.57. The summed E-state index contributed by atoms with van der Waals surface area (Å²) >= 11 is 0. The van der Waals surface area contributed by atoms with Gasteiger partial charge in [0.25, 0.3) is 0 Å². The van der Waals surface area contributed by atoms with Crippen molar-refractivity contribution >= 4 is 0 Å². The first kappa shape index (κ1) is 8.93. The summed E-state index contributed by atoms with van der Waals surface area (Å²) in [4.78, 5) is 0. The molecular formula is C7H15NO3. The molecule has 11 heavy (non-hydrogen) atoms. The normalized spacial score (nSPS) is 46.9. The number of rotatable bonds is 0. The number of hydrogen-bond donors (Lipinski definition) is 4. The summed E-state index contributed by atoms with van der Waals surface area (Å²) in [5.41, 5.74) is 0. The maximum atomic E-state index is 9.35. The summed E-state index contributed by atoms with van der Waals surface area (Å²) in [6, 6.07) is 0. The molecule has 0 aromatic rings. The van der Waals surface area contributed by atoms with Gasteiger partial charge in [-0.15, -0.1) is 0 Å². The van der Waals surface area contributed by atoms with E-state index in [-0.39, 0.29) is 5.92 Å². The lowest BCUT2D eigenvalue weighted by molar-refractivity contribution is -0.0647. The third-order valence-corrected chi connectivity index (χ3v) is 2.15. The lowest BCUT2D eigenvalue weighted by Crippen LogP contribution is -2.40. The molecule has 1 heterocycles. The van der Waals surface area contributed by atoms with Crippen LogP contribution in [0.15, 0.2) is 0 Å². The Bertz CT molecular complexity index is 117. The van der Waals surface area contributed by atoms with Gasteiger partial charge in [-0.3, -0.25) is 0 Å². The number of nitrogens with one attached hydrogen (secondary N) is 1. The highest BCUT2D eigenvalue weighted by Crippen LogP contribution is 2.12. The first-order valence-electron chi connectivity index (χ1n) is 3.88. The molecule has 0 aromatic carbocycles. The summed E-state index contributed by atoms with van der Waals surface area (Å²) in [5.74, 6) is -0.0119. The molecule has 1 rings (SSSR count). The van der Waals surface area contributed by atoms with Gasteiger partial charge in [0, 0.05) is 13.1 Å². The van der Waals surface area contributed by atoms with Crippen molar-refractivity contribution in [3.63, 3.8) is 0 Å². The van der Waals surface area contributed by atoms with Gasteiger partial charge in [-0.2, -0.15) is 0 Å². The Morgan fingerprint density at radius 3 is 2.36 bits per heavy atom. The third-order valence-electron chi connectivity index (χ3n) is 2.15. The molecule has 1 aliphatic heterocycles. The third kappa shape index (κ3) is 1.90. The van der Waals surface area contributed by atoms with Crippen molar-refractivity contribution in [3.05, 3.63) is 0 Å². The molecule has 0 amide bonds. The van der Waals surface area contributed by atoms with E-state index in [4.69, 9.17) is 0 Å². The molecule has 66 valence electrons. The fraction of sp³-hybridized carbons (Fsp3) is 1.00. The van der Waals surface area contributed by atoms with Crippen molar-refractivity contribution in [1.29, 1.82) is 0 Å². The number of β-amino-alcohol motifs (C(OH)–C–C–N with tert-alkyl or cyclic N) is 1. The van der Waals surface area contributed by atoms with Crippen molar-refractivity contribution in [1.82, 2.24) is 5.32 Å². The van der Waals surface area contributed by atoms with Crippen LogP contribution in [-0.4, -0.2) is 46.7 Å². The molecule has 1 saturated heterocycles. The fourth-order valence-electron chi connectivity index (χ4n) is 1.26. The molecule has 0 radical (unpaired) electrons. The Kier molecular flexibility index (Phi) is 2.84. The molecule has 4 nitrogen and oxygen atoms in total. The minimum Gasteiger partial charge on any atom is -0.390 e. The molecule has 4 heteroatoms. The SMILES string of the molecule is C[C@H]1CNC[C@@H](O)[C@H](O)[C@@H]1O. The van der Waals surface area contributed by atoms with Crippen molar-refractivity contribution in [2.75, 3.05) is 13.1 Å². The molecule has 4 N–H and O–H groups in total. The van der Waals surface area contributed by atoms with E-state index < -0.39 is 18.3 Å². The van der Waals surface area contributed by atoms with Crippen LogP contribution in [0, 0.1) is 5.92 Å². The van der Waals surface area contributed by atoms with Crippen LogP contribution >= 0.6 is 0 Å². The molecule has 1 aliphatic rings. The minimum atomic E-state index is -1.01. The van der Waals surface area contributed by atoms with E-state index >= 15 is 0 Å². The van der Waals surface area contributed by atoms with E-state index in [9.17, 15) is 15.3 Å². The first-order valence-corrected chi connectivity index (χ1v) is 3.88. The van der Waals surface area contributed by atoms with Crippen LogP contribution in [0.2, 0.25) is 0 Å². The summed E-state index contributed by atoms with van der Waals surface area (Å²) in [7, 11) is 0. The zero-order valence-electron chi connectivity index (χ0n) is 6.57. The van der Waals surface area contributed by atoms with E-state index in [1.54, 1.807) is 0 Å². The highest BCUT2D eigenvalue weighted by Gasteiger charge is 2.31. The number of aliphatic hydroxyl groups excluding tert-OH is 3. The van der Waals surface area contributed by atoms with E-state index in [1.165, 1.54) is 0 Å². The van der Waals surface area contributed by atoms with Crippen LogP contribution in [0.1, 0.15) is 6.92 Å². The van der Waals surface area contributed by atoms with Gasteiger partial charge < -0.3 is 20.6 Å². The predicted octanol–water partition coefficient (Wildman–Crippen LogP) is -1.69. The maximum Gasteiger partial charge on any atom is 0.107 e. The lowest BCUT2D eigenvalue weighted by atomic mass is 9.99. The summed E-state index contributed by atoms with van der Waals surface area (Å²) in [6.45, 7) is 2.82. The lowest BCUT2D eigenvalue weighted by Gasteiger charge is -2.21. The topological polar surface area (TPSA) is 72.7 Å². The Hall–Kier alpha value is -0.160. The summed E-state index contributed by atoms with van der Waals surface area (Å²) < 4.78 is 0. The second-order valence-corrected chi connectivity index (χ2v) is 3.18. The Morgan fingerprint density at radius 2 is 1.73 bits per heavy atom. The molecule has 0 saturated carbocycles. The van der Waals surface area contributed by atoms with Gasteiger partial charge in [-0.25, -0.2) is 0 Å². The van der Waals surface area contributed by atoms with E-state index in [0.29, 0.717) is 13.1 Å². The zero-order chi connectivity index (χ0) is 8.43. The molecule has 0 aliphatic carbocycles. The number of aliphatic hydroxyl groups is 3. The Morgan fingerprint density at radius 1 is 1.09 bits per heavy atom. The average Bonchev–Trinajstić information content (AvgIpc) is 2.07. The number of hydrogen-bond acceptors (Lipinski definition) is 4. The molecule has 0 unspecified atom stereocenters. The van der Waals surface area contributed by atoms with Crippen LogP contribution < -0.4 is 5.32 Å². The van der Waals surface area contributed by atoms with Gasteiger partial charge in [0.2, 0.25) is 0 Å². The first-order chi connectivity index (χ1) is 5.13. The smallest absolute Gasteiger partial charge is 0.107 e. The molecular weight excluding hydrogens is 146 g/mol. The van der Waals surface area contributed by atoms with Gasteiger partial charge in [0.05, 0.1) is 12.2 Å². The minimum absolute atomic E-state index is 0.0119. The Labute approximate surface area is 65.9 Å². The van der Waals surface area contributed by atoms with Crippen LogP contribution in [0.5, 0.6) is 0 Å². The van der Waals surface area contributed by atoms with Crippen LogP contribution in [0.4, 0.5) is 0 Å². The van der Waals surface area contributed by atoms with Gasteiger partial charge in [-0.1, -0.05) is 6.92 Å². The summed E-state index contributed by atoms with van der Waals surface area (Å²) in [6.07, 6.45) is -2.69. The van der Waals surface area contributed by atoms with Gasteiger partial charge in [-0.05, 0) is 5.92 Å². The summed E-state index contributed by atoms with van der Waals surface area (Å²) in [5, 5.41) is 30.7. The van der Waals surface area contributed by atoms with Gasteiger partial charge in [0.15, 0.2) is 0 Å². The molecule has 0 aromatic heterocycles. The van der Waals surface area contributed by atoms with Gasteiger partial charge in [0.1, 0.15) is 6.10 Å². The monoisotopic (exact) mass is 161 g/mol.